The standard InChI is InChI=1S/C9H14O4/c1-4-7(10)13-6-5-9(2,3)8(11)12/h4H,1,5-6H2,2-3H3,(H,11,12). The highest BCUT2D eigenvalue weighted by molar-refractivity contribution is 5.81. The molecule has 1 N–H and O–H groups in total. The quantitative estimate of drug-likeness (QED) is 0.518. The van der Waals surface area contributed by atoms with Crippen molar-refractivity contribution in [2.24, 2.45) is 5.41 Å². The summed E-state index contributed by atoms with van der Waals surface area (Å²) >= 11 is 0. The zero-order chi connectivity index (χ0) is 10.5. The van der Waals surface area contributed by atoms with Gasteiger partial charge in [0.25, 0.3) is 0 Å². The van der Waals surface area contributed by atoms with Gasteiger partial charge in [0.05, 0.1) is 12.0 Å². The number of ether oxygens (including phenoxy) is 1. The number of rotatable bonds is 5. The molecule has 0 atom stereocenters. The molecule has 0 amide bonds. The van der Waals surface area contributed by atoms with E-state index in [-0.39, 0.29) is 6.61 Å². The minimum Gasteiger partial charge on any atom is -0.481 e. The van der Waals surface area contributed by atoms with Crippen molar-refractivity contribution in [3.05, 3.63) is 12.7 Å². The molecule has 0 aliphatic heterocycles. The number of hydrogen-bond donors (Lipinski definition) is 1. The van der Waals surface area contributed by atoms with Crippen molar-refractivity contribution in [2.75, 3.05) is 6.61 Å². The molecule has 0 rings (SSSR count). The van der Waals surface area contributed by atoms with Crippen LogP contribution >= 0.6 is 0 Å². The summed E-state index contributed by atoms with van der Waals surface area (Å²) in [6.07, 6.45) is 1.34. The fourth-order valence-corrected chi connectivity index (χ4v) is 0.573. The number of carboxylic acid groups (broad SMARTS) is 1. The maximum atomic E-state index is 10.6. The van der Waals surface area contributed by atoms with E-state index >= 15 is 0 Å². The van der Waals surface area contributed by atoms with Gasteiger partial charge in [0, 0.05) is 6.08 Å². The maximum absolute atomic E-state index is 10.6. The van der Waals surface area contributed by atoms with E-state index in [1.165, 1.54) is 0 Å². The van der Waals surface area contributed by atoms with Gasteiger partial charge in [-0.2, -0.15) is 0 Å². The average molecular weight is 186 g/mol. The van der Waals surface area contributed by atoms with Crippen LogP contribution in [0, 0.1) is 5.41 Å². The SMILES string of the molecule is C=CC(=O)OCCC(C)(C)C(=O)O. The number of aliphatic carboxylic acids is 1. The molecule has 13 heavy (non-hydrogen) atoms. The molecule has 0 aliphatic rings. The van der Waals surface area contributed by atoms with Crippen molar-refractivity contribution in [3.63, 3.8) is 0 Å². The summed E-state index contributed by atoms with van der Waals surface area (Å²) in [7, 11) is 0. The van der Waals surface area contributed by atoms with Gasteiger partial charge in [-0.05, 0) is 20.3 Å². The molecule has 4 heteroatoms. The average Bonchev–Trinajstić information content (AvgIpc) is 2.03. The smallest absolute Gasteiger partial charge is 0.330 e. The van der Waals surface area contributed by atoms with Crippen molar-refractivity contribution in [3.8, 4) is 0 Å². The molecular weight excluding hydrogens is 172 g/mol. The van der Waals surface area contributed by atoms with Crippen LogP contribution in [0.2, 0.25) is 0 Å². The molecule has 74 valence electrons. The molecule has 0 spiro atoms. The van der Waals surface area contributed by atoms with E-state index < -0.39 is 17.4 Å². The summed E-state index contributed by atoms with van der Waals surface area (Å²) in [6, 6.07) is 0. The summed E-state index contributed by atoms with van der Waals surface area (Å²) in [6.45, 7) is 6.48. The van der Waals surface area contributed by atoms with Crippen molar-refractivity contribution in [1.82, 2.24) is 0 Å². The second-order valence-electron chi connectivity index (χ2n) is 3.31. The summed E-state index contributed by atoms with van der Waals surface area (Å²) in [5.41, 5.74) is -0.860. The van der Waals surface area contributed by atoms with Crippen LogP contribution in [-0.2, 0) is 14.3 Å². The zero-order valence-electron chi connectivity index (χ0n) is 7.87. The van der Waals surface area contributed by atoms with Crippen LogP contribution in [0.15, 0.2) is 12.7 Å². The van der Waals surface area contributed by atoms with Crippen molar-refractivity contribution < 1.29 is 19.4 Å². The Morgan fingerprint density at radius 3 is 2.46 bits per heavy atom. The minimum atomic E-state index is -0.901. The van der Waals surface area contributed by atoms with Crippen molar-refractivity contribution >= 4 is 11.9 Å². The minimum absolute atomic E-state index is 0.101. The second-order valence-corrected chi connectivity index (χ2v) is 3.31. The van der Waals surface area contributed by atoms with E-state index in [2.05, 4.69) is 11.3 Å². The van der Waals surface area contributed by atoms with Crippen LogP contribution in [0.5, 0.6) is 0 Å². The molecule has 0 bridgehead atoms. The first-order chi connectivity index (χ1) is 5.90. The fourth-order valence-electron chi connectivity index (χ4n) is 0.573. The first-order valence-corrected chi connectivity index (χ1v) is 3.93. The molecule has 0 aromatic rings. The van der Waals surface area contributed by atoms with Crippen LogP contribution in [0.4, 0.5) is 0 Å². The lowest BCUT2D eigenvalue weighted by molar-refractivity contribution is -0.150. The highest BCUT2D eigenvalue weighted by Crippen LogP contribution is 2.19. The molecule has 0 aromatic heterocycles. The number of carbonyl (C=O) groups is 2. The zero-order valence-corrected chi connectivity index (χ0v) is 7.87. The van der Waals surface area contributed by atoms with Gasteiger partial charge in [0.15, 0.2) is 0 Å². The first-order valence-electron chi connectivity index (χ1n) is 3.93. The maximum Gasteiger partial charge on any atom is 0.330 e. The number of carbonyl (C=O) groups excluding carboxylic acids is 1. The Hall–Kier alpha value is -1.32. The van der Waals surface area contributed by atoms with Gasteiger partial charge in [0.1, 0.15) is 0 Å². The number of hydrogen-bond acceptors (Lipinski definition) is 3. The van der Waals surface area contributed by atoms with E-state index in [1.807, 2.05) is 0 Å². The van der Waals surface area contributed by atoms with E-state index in [1.54, 1.807) is 13.8 Å². The van der Waals surface area contributed by atoms with Gasteiger partial charge < -0.3 is 9.84 Å². The highest BCUT2D eigenvalue weighted by atomic mass is 16.5. The molecule has 0 heterocycles. The Bertz CT molecular complexity index is 218. The van der Waals surface area contributed by atoms with Gasteiger partial charge in [-0.1, -0.05) is 6.58 Å². The largest absolute Gasteiger partial charge is 0.481 e. The Morgan fingerprint density at radius 1 is 1.54 bits per heavy atom. The molecule has 0 saturated carbocycles. The predicted octanol–water partition coefficient (Wildman–Crippen LogP) is 1.22. The Kier molecular flexibility index (Phi) is 4.17. The molecule has 0 aliphatic carbocycles. The van der Waals surface area contributed by atoms with Gasteiger partial charge in [-0.3, -0.25) is 4.79 Å². The van der Waals surface area contributed by atoms with Crippen LogP contribution in [0.25, 0.3) is 0 Å². The second kappa shape index (κ2) is 4.64. The van der Waals surface area contributed by atoms with Gasteiger partial charge in [0.2, 0.25) is 0 Å². The molecular formula is C9H14O4. The molecule has 0 saturated heterocycles. The fraction of sp³-hybridized carbons (Fsp3) is 0.556. The monoisotopic (exact) mass is 186 g/mol. The summed E-state index contributed by atoms with van der Waals surface area (Å²) < 4.78 is 4.66. The van der Waals surface area contributed by atoms with Crippen LogP contribution in [0.3, 0.4) is 0 Å². The van der Waals surface area contributed by atoms with Crippen LogP contribution < -0.4 is 0 Å². The molecule has 0 unspecified atom stereocenters. The third kappa shape index (κ3) is 4.30. The normalized spacial score (nSPS) is 10.6. The molecule has 0 aromatic carbocycles. The Morgan fingerprint density at radius 2 is 2.08 bits per heavy atom. The van der Waals surface area contributed by atoms with Gasteiger partial charge in [-0.25, -0.2) is 4.79 Å². The topological polar surface area (TPSA) is 63.6 Å². The summed E-state index contributed by atoms with van der Waals surface area (Å²) in [5, 5.41) is 8.70. The van der Waals surface area contributed by atoms with Gasteiger partial charge >= 0.3 is 11.9 Å². The van der Waals surface area contributed by atoms with Crippen LogP contribution in [-0.4, -0.2) is 23.7 Å². The lowest BCUT2D eigenvalue weighted by Gasteiger charge is -2.17. The van der Waals surface area contributed by atoms with Crippen LogP contribution in [0.1, 0.15) is 20.3 Å². The van der Waals surface area contributed by atoms with Gasteiger partial charge in [-0.15, -0.1) is 0 Å². The lowest BCUT2D eigenvalue weighted by atomic mass is 9.90. The Labute approximate surface area is 77.2 Å². The van der Waals surface area contributed by atoms with E-state index in [9.17, 15) is 9.59 Å². The van der Waals surface area contributed by atoms with Crippen molar-refractivity contribution in [1.29, 1.82) is 0 Å². The number of esters is 1. The van der Waals surface area contributed by atoms with E-state index in [4.69, 9.17) is 5.11 Å². The van der Waals surface area contributed by atoms with E-state index in [0.29, 0.717) is 6.42 Å². The molecule has 0 radical (unpaired) electrons. The third-order valence-corrected chi connectivity index (χ3v) is 1.72. The highest BCUT2D eigenvalue weighted by Gasteiger charge is 2.26. The number of carboxylic acids is 1. The van der Waals surface area contributed by atoms with Crippen molar-refractivity contribution in [2.45, 2.75) is 20.3 Å². The first kappa shape index (κ1) is 11.7. The molecule has 4 nitrogen and oxygen atoms in total. The Balaban J connectivity index is 3.82. The lowest BCUT2D eigenvalue weighted by Crippen LogP contribution is -2.25. The summed E-state index contributed by atoms with van der Waals surface area (Å²) in [4.78, 5) is 21.2. The third-order valence-electron chi connectivity index (χ3n) is 1.72. The summed E-state index contributed by atoms with van der Waals surface area (Å²) in [5.74, 6) is -1.43. The predicted molar refractivity (Wildman–Crippen MR) is 47.2 cm³/mol. The van der Waals surface area contributed by atoms with E-state index in [0.717, 1.165) is 6.08 Å². The molecule has 0 fully saturated rings.